The third-order valence-electron chi connectivity index (χ3n) is 12.3. The van der Waals surface area contributed by atoms with Crippen molar-refractivity contribution in [1.29, 1.82) is 0 Å². The Morgan fingerprint density at radius 2 is 0.750 bits per heavy atom. The van der Waals surface area contributed by atoms with Gasteiger partial charge in [-0.15, -0.1) is 0 Å². The topological polar surface area (TPSA) is 8.17 Å². The highest BCUT2D eigenvalue weighted by atomic mass is 15.1. The van der Waals surface area contributed by atoms with Crippen molar-refractivity contribution in [2.24, 2.45) is 0 Å². The van der Waals surface area contributed by atoms with Gasteiger partial charge in [-0.25, -0.2) is 0 Å². The molecule has 0 fully saturated rings. The zero-order chi connectivity index (χ0) is 39.6. The van der Waals surface area contributed by atoms with Crippen molar-refractivity contribution in [2.75, 3.05) is 4.90 Å². The van der Waals surface area contributed by atoms with E-state index in [4.69, 9.17) is 0 Å². The molecule has 12 rings (SSSR count). The molecule has 0 saturated carbocycles. The number of anilines is 3. The van der Waals surface area contributed by atoms with E-state index in [0.29, 0.717) is 0 Å². The molecule has 0 saturated heterocycles. The molecule has 1 heterocycles. The molecular weight excluding hydrogens is 725 g/mol. The Hall–Kier alpha value is -7.94. The molecule has 0 atom stereocenters. The number of hydrogen-bond acceptors (Lipinski definition) is 1. The van der Waals surface area contributed by atoms with Crippen LogP contribution in [0.25, 0.3) is 92.8 Å². The van der Waals surface area contributed by atoms with Crippen LogP contribution in [0.4, 0.5) is 17.1 Å². The van der Waals surface area contributed by atoms with Crippen LogP contribution < -0.4 is 4.90 Å². The summed E-state index contributed by atoms with van der Waals surface area (Å²) in [6.45, 7) is 0. The first-order valence-corrected chi connectivity index (χ1v) is 20.7. The Kier molecular flexibility index (Phi) is 7.89. The maximum Gasteiger partial charge on any atom is 0.0547 e. The molecule has 0 N–H and O–H groups in total. The average molecular weight is 763 g/mol. The molecule has 2 heteroatoms. The van der Waals surface area contributed by atoms with Gasteiger partial charge in [0.25, 0.3) is 0 Å². The van der Waals surface area contributed by atoms with Crippen LogP contribution in [-0.2, 0) is 0 Å². The van der Waals surface area contributed by atoms with Gasteiger partial charge in [0.05, 0.1) is 16.7 Å². The lowest BCUT2D eigenvalue weighted by Gasteiger charge is -2.26. The van der Waals surface area contributed by atoms with Crippen LogP contribution in [-0.4, -0.2) is 4.57 Å². The molecule has 0 aliphatic carbocycles. The second kappa shape index (κ2) is 13.9. The second-order valence-corrected chi connectivity index (χ2v) is 15.7. The number of hydrogen-bond donors (Lipinski definition) is 0. The lowest BCUT2D eigenvalue weighted by atomic mass is 9.92. The van der Waals surface area contributed by atoms with E-state index >= 15 is 0 Å². The maximum absolute atomic E-state index is 2.44. The van der Waals surface area contributed by atoms with E-state index in [1.807, 2.05) is 0 Å². The molecule has 2 nitrogen and oxygen atoms in total. The van der Waals surface area contributed by atoms with E-state index in [1.165, 1.54) is 87.1 Å². The van der Waals surface area contributed by atoms with Crippen LogP contribution >= 0.6 is 0 Å². The third-order valence-corrected chi connectivity index (χ3v) is 12.3. The van der Waals surface area contributed by atoms with E-state index < -0.39 is 0 Å². The Balaban J connectivity index is 0.933. The van der Waals surface area contributed by atoms with Crippen molar-refractivity contribution >= 4 is 82.0 Å². The largest absolute Gasteiger partial charge is 0.311 e. The zero-order valence-electron chi connectivity index (χ0n) is 32.8. The molecule has 11 aromatic carbocycles. The van der Waals surface area contributed by atoms with Crippen LogP contribution in [0.5, 0.6) is 0 Å². The van der Waals surface area contributed by atoms with Crippen molar-refractivity contribution in [1.82, 2.24) is 4.57 Å². The summed E-state index contributed by atoms with van der Waals surface area (Å²) in [4.78, 5) is 2.34. The highest BCUT2D eigenvalue weighted by Crippen LogP contribution is 2.41. The van der Waals surface area contributed by atoms with Gasteiger partial charge in [0.1, 0.15) is 0 Å². The Morgan fingerprint density at radius 1 is 0.267 bits per heavy atom. The van der Waals surface area contributed by atoms with Gasteiger partial charge in [0.2, 0.25) is 0 Å². The zero-order valence-corrected chi connectivity index (χ0v) is 32.8. The summed E-state index contributed by atoms with van der Waals surface area (Å²) in [5, 5.41) is 12.8. The Bertz CT molecular complexity index is 3550. The van der Waals surface area contributed by atoms with Crippen LogP contribution in [0.2, 0.25) is 0 Å². The minimum Gasteiger partial charge on any atom is -0.311 e. The molecule has 60 heavy (non-hydrogen) atoms. The van der Waals surface area contributed by atoms with E-state index in [2.05, 4.69) is 240 Å². The highest BCUT2D eigenvalue weighted by molar-refractivity contribution is 6.25. The lowest BCUT2D eigenvalue weighted by Crippen LogP contribution is -2.09. The average Bonchev–Trinajstić information content (AvgIpc) is 3.64. The van der Waals surface area contributed by atoms with Crippen LogP contribution in [0, 0.1) is 0 Å². The summed E-state index contributed by atoms with van der Waals surface area (Å²) in [5.41, 5.74) is 11.6. The summed E-state index contributed by atoms with van der Waals surface area (Å²) in [6.07, 6.45) is 0. The smallest absolute Gasteiger partial charge is 0.0547 e. The monoisotopic (exact) mass is 762 g/mol. The predicted molar refractivity (Wildman–Crippen MR) is 256 cm³/mol. The first kappa shape index (κ1) is 34.1. The molecule has 0 aliphatic rings. The SMILES string of the molecule is c1ccc(N(c2ccc(-c3ccc4c5ccccc5c5ccccc5c4c3)cc2)c2ccc(-c3ccccc3-n3c4ccccc4c4cc5ccccc5cc43)cc2)cc1. The summed E-state index contributed by atoms with van der Waals surface area (Å²) in [7, 11) is 0. The van der Waals surface area contributed by atoms with E-state index in [1.54, 1.807) is 0 Å². The van der Waals surface area contributed by atoms with Crippen molar-refractivity contribution in [3.8, 4) is 27.9 Å². The lowest BCUT2D eigenvalue weighted by molar-refractivity contribution is 1.18. The first-order valence-electron chi connectivity index (χ1n) is 20.7. The van der Waals surface area contributed by atoms with Crippen molar-refractivity contribution in [2.45, 2.75) is 0 Å². The quantitative estimate of drug-likeness (QED) is 0.153. The number of fused-ring (bicyclic) bond motifs is 10. The number of aromatic nitrogens is 1. The summed E-state index contributed by atoms with van der Waals surface area (Å²) < 4.78 is 2.44. The molecule has 0 radical (unpaired) electrons. The van der Waals surface area contributed by atoms with Crippen LogP contribution in [0.3, 0.4) is 0 Å². The summed E-state index contributed by atoms with van der Waals surface area (Å²) in [6, 6.07) is 84.1. The molecule has 1 aromatic heterocycles. The fraction of sp³-hybridized carbons (Fsp3) is 0. The van der Waals surface area contributed by atoms with Crippen LogP contribution in [0.15, 0.2) is 231 Å². The van der Waals surface area contributed by atoms with Gasteiger partial charge >= 0.3 is 0 Å². The van der Waals surface area contributed by atoms with Gasteiger partial charge in [-0.3, -0.25) is 0 Å². The number of rotatable bonds is 6. The van der Waals surface area contributed by atoms with Gasteiger partial charge in [0.15, 0.2) is 0 Å². The Morgan fingerprint density at radius 3 is 1.43 bits per heavy atom. The molecule has 12 aromatic rings. The summed E-state index contributed by atoms with van der Waals surface area (Å²) >= 11 is 0. The number of benzene rings is 11. The predicted octanol–water partition coefficient (Wildman–Crippen LogP) is 16.2. The normalized spacial score (nSPS) is 11.7. The molecule has 0 amide bonds. The van der Waals surface area contributed by atoms with Gasteiger partial charge in [-0.05, 0) is 127 Å². The molecular formula is C58H38N2. The molecule has 0 unspecified atom stereocenters. The fourth-order valence-electron chi connectivity index (χ4n) is 9.53. The maximum atomic E-state index is 2.44. The fourth-order valence-corrected chi connectivity index (χ4v) is 9.53. The minimum absolute atomic E-state index is 1.10. The molecule has 0 bridgehead atoms. The molecule has 0 aliphatic heterocycles. The third kappa shape index (κ3) is 5.50. The van der Waals surface area contributed by atoms with Crippen molar-refractivity contribution in [3.05, 3.63) is 231 Å². The van der Waals surface area contributed by atoms with Gasteiger partial charge < -0.3 is 9.47 Å². The second-order valence-electron chi connectivity index (χ2n) is 15.7. The van der Waals surface area contributed by atoms with E-state index in [0.717, 1.165) is 22.7 Å². The highest BCUT2D eigenvalue weighted by Gasteiger charge is 2.18. The standard InChI is InChI=1S/C58H38N2/c1-2-16-44(17-3-1)59(45-31-26-39(27-32-45)43-30-35-52-50-21-7-6-19-48(50)49-20-8-9-22-51(49)54(52)36-43)46-33-28-40(29-34-46)47-18-10-12-24-56(47)60-57-25-13-11-23-53(57)55-37-41-14-4-5-15-42(41)38-58(55)60/h1-38H. The first-order chi connectivity index (χ1) is 29.8. The molecule has 0 spiro atoms. The van der Waals surface area contributed by atoms with Crippen molar-refractivity contribution < 1.29 is 0 Å². The van der Waals surface area contributed by atoms with Gasteiger partial charge in [0, 0.05) is 33.4 Å². The van der Waals surface area contributed by atoms with E-state index in [9.17, 15) is 0 Å². The van der Waals surface area contributed by atoms with Gasteiger partial charge in [-0.2, -0.15) is 0 Å². The Labute approximate surface area is 348 Å². The number of nitrogens with zero attached hydrogens (tertiary/aromatic N) is 2. The van der Waals surface area contributed by atoms with Gasteiger partial charge in [-0.1, -0.05) is 164 Å². The van der Waals surface area contributed by atoms with Crippen LogP contribution in [0.1, 0.15) is 0 Å². The van der Waals surface area contributed by atoms with E-state index in [-0.39, 0.29) is 0 Å². The van der Waals surface area contributed by atoms with Crippen molar-refractivity contribution in [3.63, 3.8) is 0 Å². The minimum atomic E-state index is 1.10. The molecule has 280 valence electrons. The number of para-hydroxylation sites is 3. The summed E-state index contributed by atoms with van der Waals surface area (Å²) in [5.74, 6) is 0.